The number of non-ortho nitro benzene ring substituents is 1. The molecule has 2 amide bonds. The Morgan fingerprint density at radius 1 is 1.15 bits per heavy atom. The van der Waals surface area contributed by atoms with Gasteiger partial charge in [0.15, 0.2) is 5.13 Å². The predicted molar refractivity (Wildman–Crippen MR) is 98.5 cm³/mol. The third-order valence-corrected chi connectivity index (χ3v) is 4.39. The standard InChI is InChI=1S/C16H14N4O5S/c1-24-10-4-6-11(13(8-10)25-2)17-15(21)19-16-18-12-5-3-9(20(22)23)7-14(12)26-16/h3-8H,1-2H3,(H2,17,18,19,21). The molecule has 0 bridgehead atoms. The van der Waals surface area contributed by atoms with Crippen LogP contribution in [0.4, 0.5) is 21.3 Å². The van der Waals surface area contributed by atoms with E-state index in [4.69, 9.17) is 9.47 Å². The number of ether oxygens (including phenoxy) is 2. The number of hydrogen-bond donors (Lipinski definition) is 2. The molecule has 0 saturated heterocycles. The molecule has 0 fully saturated rings. The number of rotatable bonds is 5. The van der Waals surface area contributed by atoms with Crippen molar-refractivity contribution in [2.75, 3.05) is 24.9 Å². The number of nitrogens with one attached hydrogen (secondary N) is 2. The van der Waals surface area contributed by atoms with Crippen LogP contribution in [-0.2, 0) is 0 Å². The van der Waals surface area contributed by atoms with Gasteiger partial charge in [0.05, 0.1) is 35.0 Å². The fourth-order valence-corrected chi connectivity index (χ4v) is 3.13. The van der Waals surface area contributed by atoms with E-state index in [0.29, 0.717) is 32.5 Å². The summed E-state index contributed by atoms with van der Waals surface area (Å²) in [6.45, 7) is 0. The van der Waals surface area contributed by atoms with Gasteiger partial charge in [-0.1, -0.05) is 11.3 Å². The SMILES string of the molecule is COc1ccc(NC(=O)Nc2nc3ccc([N+](=O)[O-])cc3s2)c(OC)c1. The van der Waals surface area contributed by atoms with Crippen LogP contribution in [0, 0.1) is 10.1 Å². The van der Waals surface area contributed by atoms with Crippen LogP contribution in [0.1, 0.15) is 0 Å². The number of nitrogens with zero attached hydrogens (tertiary/aromatic N) is 2. The molecule has 10 heteroatoms. The zero-order valence-corrected chi connectivity index (χ0v) is 14.6. The molecule has 2 aromatic carbocycles. The molecule has 0 aliphatic carbocycles. The van der Waals surface area contributed by atoms with Gasteiger partial charge in [-0.15, -0.1) is 0 Å². The summed E-state index contributed by atoms with van der Waals surface area (Å²) in [5, 5.41) is 16.4. The van der Waals surface area contributed by atoms with Gasteiger partial charge in [-0.05, 0) is 18.2 Å². The highest BCUT2D eigenvalue weighted by Gasteiger charge is 2.13. The molecule has 9 nitrogen and oxygen atoms in total. The molecule has 26 heavy (non-hydrogen) atoms. The monoisotopic (exact) mass is 374 g/mol. The van der Waals surface area contributed by atoms with Gasteiger partial charge < -0.3 is 14.8 Å². The number of fused-ring (bicyclic) bond motifs is 1. The fraction of sp³-hybridized carbons (Fsp3) is 0.125. The highest BCUT2D eigenvalue weighted by Crippen LogP contribution is 2.31. The summed E-state index contributed by atoms with van der Waals surface area (Å²) in [5.74, 6) is 1.04. The Labute approximate surface area is 151 Å². The van der Waals surface area contributed by atoms with Gasteiger partial charge in [-0.25, -0.2) is 9.78 Å². The fourth-order valence-electron chi connectivity index (χ4n) is 2.23. The van der Waals surface area contributed by atoms with Crippen molar-refractivity contribution in [3.05, 3.63) is 46.5 Å². The molecule has 0 unspecified atom stereocenters. The van der Waals surface area contributed by atoms with E-state index in [1.54, 1.807) is 24.3 Å². The largest absolute Gasteiger partial charge is 0.497 e. The van der Waals surface area contributed by atoms with Crippen molar-refractivity contribution in [1.29, 1.82) is 0 Å². The molecule has 0 aliphatic rings. The number of nitro groups is 1. The lowest BCUT2D eigenvalue weighted by Crippen LogP contribution is -2.19. The minimum atomic E-state index is -0.512. The van der Waals surface area contributed by atoms with E-state index in [1.807, 2.05) is 0 Å². The number of hydrogen-bond acceptors (Lipinski definition) is 7. The van der Waals surface area contributed by atoms with Gasteiger partial charge >= 0.3 is 6.03 Å². The van der Waals surface area contributed by atoms with Crippen LogP contribution in [0.2, 0.25) is 0 Å². The number of urea groups is 1. The first-order chi connectivity index (χ1) is 12.5. The quantitative estimate of drug-likeness (QED) is 0.517. The van der Waals surface area contributed by atoms with Gasteiger partial charge in [0.2, 0.25) is 0 Å². The van der Waals surface area contributed by atoms with E-state index in [2.05, 4.69) is 15.6 Å². The summed E-state index contributed by atoms with van der Waals surface area (Å²) < 4.78 is 10.9. The third-order valence-electron chi connectivity index (χ3n) is 3.46. The van der Waals surface area contributed by atoms with Crippen molar-refractivity contribution in [3.63, 3.8) is 0 Å². The second kappa shape index (κ2) is 7.23. The highest BCUT2D eigenvalue weighted by atomic mass is 32.1. The van der Waals surface area contributed by atoms with Crippen molar-refractivity contribution in [2.24, 2.45) is 0 Å². The van der Waals surface area contributed by atoms with Crippen LogP contribution in [0.5, 0.6) is 11.5 Å². The number of aromatic nitrogens is 1. The van der Waals surface area contributed by atoms with E-state index >= 15 is 0 Å². The van der Waals surface area contributed by atoms with Crippen LogP contribution in [-0.4, -0.2) is 30.2 Å². The number of amides is 2. The number of methoxy groups -OCH3 is 2. The van der Waals surface area contributed by atoms with Crippen molar-refractivity contribution in [3.8, 4) is 11.5 Å². The summed E-state index contributed by atoms with van der Waals surface area (Å²) in [4.78, 5) is 26.8. The van der Waals surface area contributed by atoms with Gasteiger partial charge in [0, 0.05) is 18.2 Å². The normalized spacial score (nSPS) is 10.4. The number of nitro benzene ring substituents is 1. The van der Waals surface area contributed by atoms with Crippen LogP contribution >= 0.6 is 11.3 Å². The highest BCUT2D eigenvalue weighted by molar-refractivity contribution is 7.22. The number of thiazole rings is 1. The van der Waals surface area contributed by atoms with Gasteiger partial charge in [0.25, 0.3) is 5.69 Å². The summed E-state index contributed by atoms with van der Waals surface area (Å²) in [6.07, 6.45) is 0. The number of anilines is 2. The summed E-state index contributed by atoms with van der Waals surface area (Å²) in [6, 6.07) is 8.80. The number of carbonyl (C=O) groups excluding carboxylic acids is 1. The lowest BCUT2D eigenvalue weighted by Gasteiger charge is -2.11. The second-order valence-electron chi connectivity index (χ2n) is 5.07. The lowest BCUT2D eigenvalue weighted by atomic mass is 10.2. The average molecular weight is 374 g/mol. The molecular weight excluding hydrogens is 360 g/mol. The van der Waals surface area contributed by atoms with E-state index in [9.17, 15) is 14.9 Å². The Balaban J connectivity index is 1.76. The van der Waals surface area contributed by atoms with Crippen LogP contribution < -0.4 is 20.1 Å². The molecular formula is C16H14N4O5S. The molecule has 3 aromatic rings. The van der Waals surface area contributed by atoms with E-state index in [1.165, 1.54) is 26.4 Å². The van der Waals surface area contributed by atoms with E-state index < -0.39 is 11.0 Å². The maximum absolute atomic E-state index is 12.2. The average Bonchev–Trinajstić information content (AvgIpc) is 3.02. The van der Waals surface area contributed by atoms with Crippen LogP contribution in [0.15, 0.2) is 36.4 Å². The van der Waals surface area contributed by atoms with E-state index in [-0.39, 0.29) is 5.69 Å². The summed E-state index contributed by atoms with van der Waals surface area (Å²) >= 11 is 1.15. The zero-order valence-electron chi connectivity index (χ0n) is 13.8. The van der Waals surface area contributed by atoms with Gasteiger partial charge in [-0.2, -0.15) is 0 Å². The molecule has 0 aliphatic heterocycles. The maximum Gasteiger partial charge on any atom is 0.325 e. The Bertz CT molecular complexity index is 988. The molecule has 134 valence electrons. The van der Waals surface area contributed by atoms with Crippen LogP contribution in [0.3, 0.4) is 0 Å². The Kier molecular flexibility index (Phi) is 4.85. The second-order valence-corrected chi connectivity index (χ2v) is 6.10. The minimum Gasteiger partial charge on any atom is -0.497 e. The predicted octanol–water partition coefficient (Wildman–Crippen LogP) is 3.87. The molecule has 2 N–H and O–H groups in total. The minimum absolute atomic E-state index is 0.0277. The van der Waals surface area contributed by atoms with Crippen LogP contribution in [0.25, 0.3) is 10.2 Å². The first-order valence-electron chi connectivity index (χ1n) is 7.35. The zero-order chi connectivity index (χ0) is 18.7. The molecule has 0 spiro atoms. The number of carbonyl (C=O) groups is 1. The molecule has 1 aromatic heterocycles. The molecule has 0 saturated carbocycles. The third kappa shape index (κ3) is 3.64. The topological polar surface area (TPSA) is 116 Å². The molecule has 3 rings (SSSR count). The molecule has 1 heterocycles. The smallest absolute Gasteiger partial charge is 0.325 e. The Morgan fingerprint density at radius 2 is 1.96 bits per heavy atom. The summed E-state index contributed by atoms with van der Waals surface area (Å²) in [7, 11) is 3.02. The number of benzene rings is 2. The van der Waals surface area contributed by atoms with Crippen molar-refractivity contribution in [1.82, 2.24) is 4.98 Å². The molecule has 0 radical (unpaired) electrons. The summed E-state index contributed by atoms with van der Waals surface area (Å²) in [5.41, 5.74) is 1.00. The van der Waals surface area contributed by atoms with Gasteiger partial charge in [0.1, 0.15) is 11.5 Å². The van der Waals surface area contributed by atoms with Crippen molar-refractivity contribution < 1.29 is 19.2 Å². The van der Waals surface area contributed by atoms with E-state index in [0.717, 1.165) is 11.3 Å². The van der Waals surface area contributed by atoms with Crippen molar-refractivity contribution in [2.45, 2.75) is 0 Å². The first kappa shape index (κ1) is 17.4. The molecule has 0 atom stereocenters. The van der Waals surface area contributed by atoms with Gasteiger partial charge in [-0.3, -0.25) is 15.4 Å². The Hall–Kier alpha value is -3.40. The van der Waals surface area contributed by atoms with Crippen molar-refractivity contribution >= 4 is 44.1 Å². The lowest BCUT2D eigenvalue weighted by molar-refractivity contribution is -0.384. The first-order valence-corrected chi connectivity index (χ1v) is 8.17. The maximum atomic E-state index is 12.2. The Morgan fingerprint density at radius 3 is 2.65 bits per heavy atom.